The molecule has 0 amide bonds. The standard InChI is InChI=1S/C8H14N4O4S/c1-6-9-7(11-10-6)4-12(2)17(14,15)5-8(13)16-3/h4-5H2,1-3H3,(H,9,10,11). The molecule has 1 aromatic heterocycles. The first-order valence-corrected chi connectivity index (χ1v) is 6.35. The van der Waals surface area contributed by atoms with Crippen LogP contribution in [0.15, 0.2) is 0 Å². The molecule has 0 fully saturated rings. The molecule has 0 unspecified atom stereocenters. The summed E-state index contributed by atoms with van der Waals surface area (Å²) in [5, 5.41) is 6.41. The van der Waals surface area contributed by atoms with E-state index in [-0.39, 0.29) is 6.54 Å². The van der Waals surface area contributed by atoms with Gasteiger partial charge in [0.2, 0.25) is 10.0 Å². The first kappa shape index (κ1) is 13.6. The van der Waals surface area contributed by atoms with E-state index in [0.29, 0.717) is 11.6 Å². The second-order valence-corrected chi connectivity index (χ2v) is 5.50. The van der Waals surface area contributed by atoms with E-state index in [2.05, 4.69) is 19.9 Å². The Labute approximate surface area is 99.0 Å². The van der Waals surface area contributed by atoms with Gasteiger partial charge in [-0.15, -0.1) is 0 Å². The van der Waals surface area contributed by atoms with Crippen LogP contribution < -0.4 is 0 Å². The first-order chi connectivity index (χ1) is 7.85. The molecule has 0 aliphatic rings. The van der Waals surface area contributed by atoms with E-state index in [9.17, 15) is 13.2 Å². The average molecular weight is 262 g/mol. The van der Waals surface area contributed by atoms with Gasteiger partial charge in [-0.25, -0.2) is 13.4 Å². The lowest BCUT2D eigenvalue weighted by Crippen LogP contribution is -2.32. The van der Waals surface area contributed by atoms with Gasteiger partial charge in [-0.1, -0.05) is 0 Å². The second kappa shape index (κ2) is 5.23. The number of esters is 1. The summed E-state index contributed by atoms with van der Waals surface area (Å²) >= 11 is 0. The molecule has 1 rings (SSSR count). The Balaban J connectivity index is 2.69. The van der Waals surface area contributed by atoms with Crippen molar-refractivity contribution in [2.45, 2.75) is 13.5 Å². The van der Waals surface area contributed by atoms with E-state index in [0.717, 1.165) is 11.4 Å². The Hall–Kier alpha value is -1.48. The van der Waals surface area contributed by atoms with Gasteiger partial charge in [0.25, 0.3) is 0 Å². The first-order valence-electron chi connectivity index (χ1n) is 4.74. The number of aromatic nitrogens is 3. The van der Waals surface area contributed by atoms with Gasteiger partial charge in [-0.05, 0) is 6.92 Å². The molecule has 8 nitrogen and oxygen atoms in total. The number of carbonyl (C=O) groups excluding carboxylic acids is 1. The highest BCUT2D eigenvalue weighted by Crippen LogP contribution is 2.04. The summed E-state index contributed by atoms with van der Waals surface area (Å²) in [6, 6.07) is 0. The summed E-state index contributed by atoms with van der Waals surface area (Å²) in [6.07, 6.45) is 0. The van der Waals surface area contributed by atoms with E-state index in [1.807, 2.05) is 0 Å². The zero-order valence-corrected chi connectivity index (χ0v) is 10.6. The minimum absolute atomic E-state index is 0.00364. The maximum atomic E-state index is 11.7. The maximum Gasteiger partial charge on any atom is 0.322 e. The lowest BCUT2D eigenvalue weighted by atomic mass is 10.6. The molecule has 0 aliphatic carbocycles. The van der Waals surface area contributed by atoms with Gasteiger partial charge in [0.1, 0.15) is 5.82 Å². The highest BCUT2D eigenvalue weighted by Gasteiger charge is 2.23. The predicted molar refractivity (Wildman–Crippen MR) is 58.4 cm³/mol. The minimum Gasteiger partial charge on any atom is -0.468 e. The van der Waals surface area contributed by atoms with Crippen LogP contribution in [0.5, 0.6) is 0 Å². The van der Waals surface area contributed by atoms with Crippen molar-refractivity contribution in [3.8, 4) is 0 Å². The molecule has 0 aromatic carbocycles. The third-order valence-electron chi connectivity index (χ3n) is 2.01. The Morgan fingerprint density at radius 1 is 1.53 bits per heavy atom. The zero-order valence-electron chi connectivity index (χ0n) is 9.80. The SMILES string of the molecule is COC(=O)CS(=O)(=O)N(C)Cc1n[nH]c(C)n1. The van der Waals surface area contributed by atoms with Crippen LogP contribution in [-0.2, 0) is 26.1 Å². The maximum absolute atomic E-state index is 11.7. The van der Waals surface area contributed by atoms with Gasteiger partial charge in [0.05, 0.1) is 13.7 Å². The van der Waals surface area contributed by atoms with Crippen molar-refractivity contribution >= 4 is 16.0 Å². The fourth-order valence-electron chi connectivity index (χ4n) is 1.08. The highest BCUT2D eigenvalue weighted by atomic mass is 32.2. The van der Waals surface area contributed by atoms with Crippen molar-refractivity contribution in [3.05, 3.63) is 11.6 Å². The van der Waals surface area contributed by atoms with Gasteiger partial charge < -0.3 is 4.74 Å². The largest absolute Gasteiger partial charge is 0.468 e. The number of carbonyl (C=O) groups is 1. The zero-order chi connectivity index (χ0) is 13.1. The number of methoxy groups -OCH3 is 1. The molecular weight excluding hydrogens is 248 g/mol. The quantitative estimate of drug-likeness (QED) is 0.686. The number of ether oxygens (including phenoxy) is 1. The lowest BCUT2D eigenvalue weighted by Gasteiger charge is -2.14. The fraction of sp³-hybridized carbons (Fsp3) is 0.625. The van der Waals surface area contributed by atoms with Crippen LogP contribution in [0.25, 0.3) is 0 Å². The van der Waals surface area contributed by atoms with Gasteiger partial charge in [0, 0.05) is 7.05 Å². The summed E-state index contributed by atoms with van der Waals surface area (Å²) in [4.78, 5) is 14.9. The number of hydrogen-bond acceptors (Lipinski definition) is 6. The molecule has 9 heteroatoms. The molecular formula is C8H14N4O4S. The van der Waals surface area contributed by atoms with Crippen molar-refractivity contribution in [1.29, 1.82) is 0 Å². The normalized spacial score (nSPS) is 11.8. The molecule has 1 aromatic rings. The van der Waals surface area contributed by atoms with Crippen molar-refractivity contribution in [3.63, 3.8) is 0 Å². The molecule has 0 saturated carbocycles. The van der Waals surface area contributed by atoms with Gasteiger partial charge in [-0.2, -0.15) is 9.40 Å². The van der Waals surface area contributed by atoms with E-state index in [1.165, 1.54) is 7.05 Å². The number of H-pyrrole nitrogens is 1. The minimum atomic E-state index is -3.70. The number of nitrogens with zero attached hydrogens (tertiary/aromatic N) is 3. The summed E-state index contributed by atoms with van der Waals surface area (Å²) in [5.41, 5.74) is 0. The van der Waals surface area contributed by atoms with Gasteiger partial charge in [0.15, 0.2) is 11.6 Å². The predicted octanol–water partition coefficient (Wildman–Crippen LogP) is -0.952. The van der Waals surface area contributed by atoms with Crippen LogP contribution >= 0.6 is 0 Å². The number of sulfonamides is 1. The van der Waals surface area contributed by atoms with Crippen molar-refractivity contribution < 1.29 is 17.9 Å². The smallest absolute Gasteiger partial charge is 0.322 e. The number of hydrogen-bond donors (Lipinski definition) is 1. The average Bonchev–Trinajstić information content (AvgIpc) is 2.63. The Kier molecular flexibility index (Phi) is 4.18. The van der Waals surface area contributed by atoms with Crippen molar-refractivity contribution in [1.82, 2.24) is 19.5 Å². The number of aromatic amines is 1. The second-order valence-electron chi connectivity index (χ2n) is 3.43. The molecule has 0 aliphatic heterocycles. The van der Waals surface area contributed by atoms with Crippen LogP contribution in [0, 0.1) is 6.92 Å². The topological polar surface area (TPSA) is 105 Å². The number of aryl methyl sites for hydroxylation is 1. The molecule has 0 atom stereocenters. The fourth-order valence-corrected chi connectivity index (χ4v) is 2.02. The van der Waals surface area contributed by atoms with Gasteiger partial charge >= 0.3 is 5.97 Å². The highest BCUT2D eigenvalue weighted by molar-refractivity contribution is 7.89. The van der Waals surface area contributed by atoms with Crippen molar-refractivity contribution in [2.75, 3.05) is 19.9 Å². The van der Waals surface area contributed by atoms with Crippen LogP contribution in [0.4, 0.5) is 0 Å². The number of nitrogens with one attached hydrogen (secondary N) is 1. The molecule has 0 saturated heterocycles. The van der Waals surface area contributed by atoms with Gasteiger partial charge in [-0.3, -0.25) is 9.89 Å². The summed E-state index contributed by atoms with van der Waals surface area (Å²) in [6.45, 7) is 1.71. The third kappa shape index (κ3) is 3.79. The molecule has 96 valence electrons. The molecule has 17 heavy (non-hydrogen) atoms. The monoisotopic (exact) mass is 262 g/mol. The van der Waals surface area contributed by atoms with Crippen LogP contribution in [0.2, 0.25) is 0 Å². The molecule has 0 bridgehead atoms. The summed E-state index contributed by atoms with van der Waals surface area (Å²) in [5.74, 6) is -0.552. The van der Waals surface area contributed by atoms with E-state index >= 15 is 0 Å². The van der Waals surface area contributed by atoms with E-state index in [1.54, 1.807) is 6.92 Å². The van der Waals surface area contributed by atoms with Crippen LogP contribution in [0.1, 0.15) is 11.6 Å². The van der Waals surface area contributed by atoms with E-state index < -0.39 is 21.7 Å². The van der Waals surface area contributed by atoms with Crippen LogP contribution in [-0.4, -0.2) is 53.8 Å². The summed E-state index contributed by atoms with van der Waals surface area (Å²) < 4.78 is 28.7. The molecule has 0 spiro atoms. The summed E-state index contributed by atoms with van der Waals surface area (Å²) in [7, 11) is -1.21. The Bertz CT molecular complexity index is 495. The molecule has 0 radical (unpaired) electrons. The lowest BCUT2D eigenvalue weighted by molar-refractivity contribution is -0.137. The molecule has 1 N–H and O–H groups in total. The molecule has 1 heterocycles. The Morgan fingerprint density at radius 3 is 2.65 bits per heavy atom. The van der Waals surface area contributed by atoms with E-state index in [4.69, 9.17) is 0 Å². The van der Waals surface area contributed by atoms with Crippen molar-refractivity contribution in [2.24, 2.45) is 0 Å². The number of rotatable bonds is 5. The van der Waals surface area contributed by atoms with Crippen LogP contribution in [0.3, 0.4) is 0 Å². The Morgan fingerprint density at radius 2 is 2.18 bits per heavy atom. The third-order valence-corrected chi connectivity index (χ3v) is 3.69.